The molecule has 0 bridgehead atoms. The van der Waals surface area contributed by atoms with Crippen molar-refractivity contribution in [2.24, 2.45) is 0 Å². The van der Waals surface area contributed by atoms with E-state index in [4.69, 9.17) is 21.1 Å². The number of anilines is 1. The maximum atomic E-state index is 13.0. The van der Waals surface area contributed by atoms with Crippen LogP contribution >= 0.6 is 23.4 Å². The molecule has 1 atom stereocenters. The van der Waals surface area contributed by atoms with Gasteiger partial charge < -0.3 is 14.8 Å². The fraction of sp³-hybridized carbons (Fsp3) is 0.350. The van der Waals surface area contributed by atoms with Crippen LogP contribution in [0.3, 0.4) is 0 Å². The van der Waals surface area contributed by atoms with E-state index in [0.717, 1.165) is 24.6 Å². The molecule has 31 heavy (non-hydrogen) atoms. The summed E-state index contributed by atoms with van der Waals surface area (Å²) in [6.07, 6.45) is 4.68. The van der Waals surface area contributed by atoms with Crippen molar-refractivity contribution >= 4 is 46.1 Å². The number of hydrogen-bond donors (Lipinski definition) is 1. The van der Waals surface area contributed by atoms with Gasteiger partial charge in [0.1, 0.15) is 5.75 Å². The molecule has 1 aliphatic heterocycles. The zero-order valence-corrected chi connectivity index (χ0v) is 18.3. The number of ether oxygens (including phenoxy) is 2. The van der Waals surface area contributed by atoms with Gasteiger partial charge in [0.15, 0.2) is 16.3 Å². The summed E-state index contributed by atoms with van der Waals surface area (Å²) in [6.45, 7) is 1.02. The smallest absolute Gasteiger partial charge is 0.282 e. The molecule has 0 aliphatic carbocycles. The minimum atomic E-state index is -0.298. The maximum Gasteiger partial charge on any atom is 0.282 e. The number of carbonyl (C=O) groups excluding carboxylic acids is 1. The van der Waals surface area contributed by atoms with Gasteiger partial charge in [0.2, 0.25) is 5.91 Å². The number of methoxy groups -OCH3 is 1. The topological polar surface area (TPSA) is 108 Å². The molecule has 0 saturated carbocycles. The Hall–Kier alpha value is -2.69. The zero-order valence-electron chi connectivity index (χ0n) is 16.7. The first kappa shape index (κ1) is 21.5. The van der Waals surface area contributed by atoms with Crippen molar-refractivity contribution in [3.8, 4) is 5.75 Å². The number of hydrogen-bond acceptors (Lipinski definition) is 8. The number of nitrogens with one attached hydrogen (secondary N) is 1. The summed E-state index contributed by atoms with van der Waals surface area (Å²) < 4.78 is 12.5. The standard InChI is InChI=1S/C20H20ClN5O4S/c1-29-15-5-4-12(21)9-14(15)24-16(27)11-31-20-25-18-17(22-6-7-23-18)19(28)26(20)10-13-3-2-8-30-13/h4-7,9,13H,2-3,8,10-11H2,1H3,(H,24,27)/t13-/m1/s1. The van der Waals surface area contributed by atoms with Gasteiger partial charge in [0, 0.05) is 24.0 Å². The Morgan fingerprint density at radius 3 is 3.00 bits per heavy atom. The summed E-state index contributed by atoms with van der Waals surface area (Å²) in [5.74, 6) is 0.235. The van der Waals surface area contributed by atoms with Gasteiger partial charge in [0.25, 0.3) is 5.56 Å². The molecule has 162 valence electrons. The lowest BCUT2D eigenvalue weighted by atomic mass is 10.2. The third-order valence-electron chi connectivity index (χ3n) is 4.74. The first-order valence-electron chi connectivity index (χ1n) is 9.64. The number of amides is 1. The van der Waals surface area contributed by atoms with Crippen LogP contribution in [0.5, 0.6) is 5.75 Å². The summed E-state index contributed by atoms with van der Waals surface area (Å²) in [4.78, 5) is 38.3. The Morgan fingerprint density at radius 2 is 2.23 bits per heavy atom. The van der Waals surface area contributed by atoms with Crippen LogP contribution in [-0.2, 0) is 16.1 Å². The molecule has 0 spiro atoms. The fourth-order valence-corrected chi connectivity index (χ4v) is 4.26. The molecule has 9 nitrogen and oxygen atoms in total. The third-order valence-corrected chi connectivity index (χ3v) is 5.95. The van der Waals surface area contributed by atoms with Crippen molar-refractivity contribution in [1.29, 1.82) is 0 Å². The molecule has 1 saturated heterocycles. The van der Waals surface area contributed by atoms with Crippen molar-refractivity contribution in [3.05, 3.63) is 46.0 Å². The minimum Gasteiger partial charge on any atom is -0.495 e. The van der Waals surface area contributed by atoms with E-state index in [1.807, 2.05) is 0 Å². The van der Waals surface area contributed by atoms with Crippen molar-refractivity contribution in [2.45, 2.75) is 30.6 Å². The van der Waals surface area contributed by atoms with Gasteiger partial charge in [-0.2, -0.15) is 0 Å². The van der Waals surface area contributed by atoms with E-state index in [1.165, 1.54) is 24.1 Å². The van der Waals surface area contributed by atoms with Crippen LogP contribution in [0.1, 0.15) is 12.8 Å². The average molecular weight is 462 g/mol. The summed E-state index contributed by atoms with van der Waals surface area (Å²) >= 11 is 7.17. The first-order valence-corrected chi connectivity index (χ1v) is 11.0. The van der Waals surface area contributed by atoms with Crippen LogP contribution in [0.25, 0.3) is 11.2 Å². The van der Waals surface area contributed by atoms with Crippen molar-refractivity contribution in [2.75, 3.05) is 24.8 Å². The normalized spacial score (nSPS) is 15.9. The third kappa shape index (κ3) is 4.97. The number of thioether (sulfide) groups is 1. The van der Waals surface area contributed by atoms with Crippen LogP contribution in [-0.4, -0.2) is 51.0 Å². The van der Waals surface area contributed by atoms with Crippen LogP contribution in [0.4, 0.5) is 5.69 Å². The van der Waals surface area contributed by atoms with E-state index in [1.54, 1.807) is 18.2 Å². The molecule has 1 amide bonds. The fourth-order valence-electron chi connectivity index (χ4n) is 3.29. The van der Waals surface area contributed by atoms with Gasteiger partial charge in [-0.3, -0.25) is 14.2 Å². The highest BCUT2D eigenvalue weighted by Crippen LogP contribution is 2.28. The summed E-state index contributed by atoms with van der Waals surface area (Å²) in [7, 11) is 1.51. The van der Waals surface area contributed by atoms with Crippen LogP contribution in [0.2, 0.25) is 5.02 Å². The van der Waals surface area contributed by atoms with Crippen molar-refractivity contribution in [1.82, 2.24) is 19.5 Å². The van der Waals surface area contributed by atoms with E-state index in [2.05, 4.69) is 20.3 Å². The Bertz CT molecular complexity index is 1170. The monoisotopic (exact) mass is 461 g/mol. The number of fused-ring (bicyclic) bond motifs is 1. The van der Waals surface area contributed by atoms with Gasteiger partial charge in [-0.05, 0) is 31.0 Å². The minimum absolute atomic E-state index is 0.0272. The van der Waals surface area contributed by atoms with Crippen LogP contribution in [0.15, 0.2) is 40.5 Å². The van der Waals surface area contributed by atoms with Crippen LogP contribution in [0, 0.1) is 0 Å². The molecular formula is C20H20ClN5O4S. The van der Waals surface area contributed by atoms with E-state index >= 15 is 0 Å². The highest BCUT2D eigenvalue weighted by molar-refractivity contribution is 7.99. The van der Waals surface area contributed by atoms with Gasteiger partial charge in [-0.15, -0.1) is 0 Å². The van der Waals surface area contributed by atoms with Gasteiger partial charge >= 0.3 is 0 Å². The summed E-state index contributed by atoms with van der Waals surface area (Å²) in [6, 6.07) is 4.96. The number of nitrogens with zero attached hydrogens (tertiary/aromatic N) is 4. The molecule has 3 heterocycles. The molecule has 2 aromatic heterocycles. The first-order chi connectivity index (χ1) is 15.0. The molecule has 0 radical (unpaired) electrons. The predicted octanol–water partition coefficient (Wildman–Crippen LogP) is 2.76. The second-order valence-corrected chi connectivity index (χ2v) is 8.23. The number of rotatable bonds is 7. The lowest BCUT2D eigenvalue weighted by molar-refractivity contribution is -0.113. The maximum absolute atomic E-state index is 13.0. The lowest BCUT2D eigenvalue weighted by Gasteiger charge is -2.16. The zero-order chi connectivity index (χ0) is 21.8. The molecule has 11 heteroatoms. The quantitative estimate of drug-likeness (QED) is 0.422. The summed E-state index contributed by atoms with van der Waals surface area (Å²) in [5, 5.41) is 3.65. The van der Waals surface area contributed by atoms with Gasteiger partial charge in [-0.1, -0.05) is 23.4 Å². The SMILES string of the molecule is COc1ccc(Cl)cc1NC(=O)CSc1nc2nccnc2c(=O)n1C[C@H]1CCCO1. The van der Waals surface area contributed by atoms with Crippen molar-refractivity contribution < 1.29 is 14.3 Å². The number of halogens is 1. The Balaban J connectivity index is 1.56. The largest absolute Gasteiger partial charge is 0.495 e. The van der Waals surface area contributed by atoms with Gasteiger partial charge in [-0.25, -0.2) is 15.0 Å². The molecular weight excluding hydrogens is 442 g/mol. The molecule has 1 N–H and O–H groups in total. The number of benzene rings is 1. The average Bonchev–Trinajstić information content (AvgIpc) is 3.28. The molecule has 0 unspecified atom stereocenters. The van der Waals surface area contributed by atoms with Crippen molar-refractivity contribution in [3.63, 3.8) is 0 Å². The second-order valence-electron chi connectivity index (χ2n) is 6.86. The van der Waals surface area contributed by atoms with Gasteiger partial charge in [0.05, 0.1) is 31.2 Å². The van der Waals surface area contributed by atoms with Crippen LogP contribution < -0.4 is 15.6 Å². The highest BCUT2D eigenvalue weighted by Gasteiger charge is 2.21. The molecule has 1 aliphatic rings. The Kier molecular flexibility index (Phi) is 6.69. The van der Waals surface area contributed by atoms with E-state index in [0.29, 0.717) is 34.8 Å². The number of aromatic nitrogens is 4. The molecule has 1 fully saturated rings. The highest BCUT2D eigenvalue weighted by atomic mass is 35.5. The Labute approximate surface area is 187 Å². The van der Waals surface area contributed by atoms with E-state index < -0.39 is 0 Å². The lowest BCUT2D eigenvalue weighted by Crippen LogP contribution is -2.30. The molecule has 4 rings (SSSR count). The summed E-state index contributed by atoms with van der Waals surface area (Å²) in [5.41, 5.74) is 0.608. The van der Waals surface area contributed by atoms with E-state index in [-0.39, 0.29) is 34.5 Å². The van der Waals surface area contributed by atoms with E-state index in [9.17, 15) is 9.59 Å². The second kappa shape index (κ2) is 9.63. The number of carbonyl (C=O) groups is 1. The molecule has 3 aromatic rings. The Morgan fingerprint density at radius 1 is 1.39 bits per heavy atom. The molecule has 1 aromatic carbocycles. The predicted molar refractivity (Wildman–Crippen MR) is 118 cm³/mol.